The Morgan fingerprint density at radius 3 is 1.60 bits per heavy atom. The van der Waals surface area contributed by atoms with Gasteiger partial charge in [-0.1, -0.05) is 166 Å². The molecule has 2 nitrogen and oxygen atoms in total. The monoisotopic (exact) mass is 765 g/mol. The van der Waals surface area contributed by atoms with E-state index < -0.39 is 5.41 Å². The molecule has 0 N–H and O–H groups in total. The zero-order valence-corrected chi connectivity index (χ0v) is 33.4. The first-order valence-corrected chi connectivity index (χ1v) is 21.0. The Bertz CT molecular complexity index is 3340. The molecular weight excluding hydrogens is 727 g/mol. The average molecular weight is 766 g/mol. The fourth-order valence-corrected chi connectivity index (χ4v) is 11.4. The van der Waals surface area contributed by atoms with Crippen LogP contribution in [0.3, 0.4) is 0 Å². The van der Waals surface area contributed by atoms with Crippen molar-refractivity contribution in [2.45, 2.75) is 24.7 Å². The molecule has 60 heavy (non-hydrogen) atoms. The van der Waals surface area contributed by atoms with E-state index in [-0.39, 0.29) is 5.41 Å². The predicted octanol–water partition coefficient (Wildman–Crippen LogP) is 15.4. The number of anilines is 3. The van der Waals surface area contributed by atoms with E-state index in [1.807, 2.05) is 0 Å². The lowest BCUT2D eigenvalue weighted by atomic mass is 9.70. The zero-order chi connectivity index (χ0) is 39.7. The van der Waals surface area contributed by atoms with Crippen LogP contribution in [0.15, 0.2) is 205 Å². The van der Waals surface area contributed by atoms with Gasteiger partial charge in [0.15, 0.2) is 0 Å². The first kappa shape index (κ1) is 33.5. The van der Waals surface area contributed by atoms with Crippen molar-refractivity contribution in [3.8, 4) is 44.5 Å². The first-order valence-electron chi connectivity index (χ1n) is 21.0. The quantitative estimate of drug-likeness (QED) is 0.177. The van der Waals surface area contributed by atoms with E-state index in [1.54, 1.807) is 0 Å². The van der Waals surface area contributed by atoms with Gasteiger partial charge in [0, 0.05) is 38.8 Å². The van der Waals surface area contributed by atoms with Crippen LogP contribution in [0, 0.1) is 0 Å². The first-order chi connectivity index (χ1) is 29.5. The summed E-state index contributed by atoms with van der Waals surface area (Å²) >= 11 is 0. The molecule has 0 radical (unpaired) electrons. The molecule has 0 atom stereocenters. The SMILES string of the molecule is CC1(C)c2ccc(N(c3ccccc3)c3ccc4c(c3)C3(c5ccccc5-c5ccccc53)c3ccccc3-4)cc2-c2c1cc1oc3ccccc3c1c2-c1ccccc1. The molecule has 0 fully saturated rings. The molecule has 9 aromatic carbocycles. The van der Waals surface area contributed by atoms with Gasteiger partial charge in [-0.15, -0.1) is 0 Å². The minimum atomic E-state index is -0.429. The largest absolute Gasteiger partial charge is 0.456 e. The van der Waals surface area contributed by atoms with E-state index in [2.05, 4.69) is 219 Å². The summed E-state index contributed by atoms with van der Waals surface area (Å²) in [5.41, 5.74) is 22.8. The molecule has 1 heterocycles. The molecule has 10 aromatic rings. The second-order valence-corrected chi connectivity index (χ2v) is 17.2. The molecule has 3 aliphatic carbocycles. The van der Waals surface area contributed by atoms with Crippen molar-refractivity contribution in [1.82, 2.24) is 0 Å². The van der Waals surface area contributed by atoms with Crippen LogP contribution in [0.1, 0.15) is 47.2 Å². The van der Waals surface area contributed by atoms with E-state index in [9.17, 15) is 0 Å². The van der Waals surface area contributed by atoms with Gasteiger partial charge in [0.25, 0.3) is 0 Å². The molecule has 0 saturated heterocycles. The molecule has 282 valence electrons. The molecule has 0 aliphatic heterocycles. The molecule has 0 amide bonds. The Hall–Kier alpha value is -7.42. The summed E-state index contributed by atoms with van der Waals surface area (Å²) < 4.78 is 6.64. The number of fused-ring (bicyclic) bond motifs is 16. The van der Waals surface area contributed by atoms with E-state index in [0.29, 0.717) is 0 Å². The number of rotatable bonds is 4. The summed E-state index contributed by atoms with van der Waals surface area (Å²) in [4.78, 5) is 2.46. The lowest BCUT2D eigenvalue weighted by Crippen LogP contribution is -2.26. The van der Waals surface area contributed by atoms with Gasteiger partial charge in [0.05, 0.1) is 5.41 Å². The average Bonchev–Trinajstić information content (AvgIpc) is 3.98. The zero-order valence-electron chi connectivity index (χ0n) is 33.4. The van der Waals surface area contributed by atoms with Crippen molar-refractivity contribution in [2.24, 2.45) is 0 Å². The highest BCUT2D eigenvalue weighted by molar-refractivity contribution is 6.18. The predicted molar refractivity (Wildman–Crippen MR) is 248 cm³/mol. The number of hydrogen-bond donors (Lipinski definition) is 0. The van der Waals surface area contributed by atoms with Crippen molar-refractivity contribution in [3.63, 3.8) is 0 Å². The van der Waals surface area contributed by atoms with Crippen LogP contribution in [0.4, 0.5) is 17.1 Å². The molecule has 0 saturated carbocycles. The van der Waals surface area contributed by atoms with Crippen molar-refractivity contribution >= 4 is 39.0 Å². The maximum Gasteiger partial charge on any atom is 0.136 e. The van der Waals surface area contributed by atoms with Gasteiger partial charge in [0.2, 0.25) is 0 Å². The second kappa shape index (κ2) is 12.1. The highest BCUT2D eigenvalue weighted by Gasteiger charge is 2.51. The molecule has 0 bridgehead atoms. The lowest BCUT2D eigenvalue weighted by Gasteiger charge is -2.32. The van der Waals surface area contributed by atoms with Crippen LogP contribution < -0.4 is 4.90 Å². The number of benzene rings is 9. The fourth-order valence-electron chi connectivity index (χ4n) is 11.4. The number of hydrogen-bond acceptors (Lipinski definition) is 2. The van der Waals surface area contributed by atoms with Crippen LogP contribution >= 0.6 is 0 Å². The third-order valence-electron chi connectivity index (χ3n) is 13.9. The number of nitrogens with zero attached hydrogens (tertiary/aromatic N) is 1. The van der Waals surface area contributed by atoms with Crippen LogP contribution in [-0.4, -0.2) is 0 Å². The summed E-state index contributed by atoms with van der Waals surface area (Å²) in [7, 11) is 0. The third kappa shape index (κ3) is 4.27. The summed E-state index contributed by atoms with van der Waals surface area (Å²) in [6.45, 7) is 4.73. The maximum atomic E-state index is 6.64. The van der Waals surface area contributed by atoms with E-state index >= 15 is 0 Å². The molecular formula is C58H39NO. The molecule has 1 spiro atoms. The van der Waals surface area contributed by atoms with E-state index in [1.165, 1.54) is 83.3 Å². The van der Waals surface area contributed by atoms with Gasteiger partial charge in [-0.25, -0.2) is 0 Å². The highest BCUT2D eigenvalue weighted by atomic mass is 16.3. The summed E-state index contributed by atoms with van der Waals surface area (Å²) in [6.07, 6.45) is 0. The highest BCUT2D eigenvalue weighted by Crippen LogP contribution is 2.64. The van der Waals surface area contributed by atoms with Gasteiger partial charge in [0.1, 0.15) is 11.2 Å². The van der Waals surface area contributed by atoms with Crippen LogP contribution in [0.2, 0.25) is 0 Å². The molecule has 0 unspecified atom stereocenters. The fraction of sp³-hybridized carbons (Fsp3) is 0.0690. The molecule has 3 aliphatic rings. The van der Waals surface area contributed by atoms with Gasteiger partial charge in [-0.05, 0) is 121 Å². The van der Waals surface area contributed by atoms with E-state index in [0.717, 1.165) is 33.6 Å². The minimum absolute atomic E-state index is 0.244. The standard InChI is InChI=1S/C58H39NO/c1-57(2)46-32-30-38(33-45(46)55-51(57)35-53-56(44-24-12-16-28-52(44)60-53)54(55)36-17-5-3-6-18-36)59(37-19-7-4-8-20-37)39-29-31-43-42-23-11-15-27-49(42)58(50(43)34-39)47-25-13-9-21-40(47)41-22-10-14-26-48(41)58/h3-35H,1-2H3. The second-order valence-electron chi connectivity index (χ2n) is 17.2. The van der Waals surface area contributed by atoms with Gasteiger partial charge < -0.3 is 9.32 Å². The van der Waals surface area contributed by atoms with Crippen molar-refractivity contribution in [2.75, 3.05) is 4.90 Å². The van der Waals surface area contributed by atoms with Crippen molar-refractivity contribution in [3.05, 3.63) is 234 Å². The van der Waals surface area contributed by atoms with Gasteiger partial charge >= 0.3 is 0 Å². The van der Waals surface area contributed by atoms with Gasteiger partial charge in [-0.2, -0.15) is 0 Å². The third-order valence-corrected chi connectivity index (χ3v) is 13.9. The smallest absolute Gasteiger partial charge is 0.136 e. The Morgan fingerprint density at radius 2 is 0.917 bits per heavy atom. The topological polar surface area (TPSA) is 16.4 Å². The van der Waals surface area contributed by atoms with Crippen molar-refractivity contribution in [1.29, 1.82) is 0 Å². The molecule has 2 heteroatoms. The molecule has 13 rings (SSSR count). The normalized spacial score (nSPS) is 14.4. The summed E-state index contributed by atoms with van der Waals surface area (Å²) in [5, 5.41) is 2.32. The Kier molecular flexibility index (Phi) is 6.74. The minimum Gasteiger partial charge on any atom is -0.456 e. The van der Waals surface area contributed by atoms with Crippen molar-refractivity contribution < 1.29 is 4.42 Å². The number of furan rings is 1. The lowest BCUT2D eigenvalue weighted by molar-refractivity contribution is 0.647. The number of para-hydroxylation sites is 2. The van der Waals surface area contributed by atoms with E-state index in [4.69, 9.17) is 4.42 Å². The van der Waals surface area contributed by atoms with Crippen LogP contribution in [-0.2, 0) is 10.8 Å². The Balaban J connectivity index is 1.07. The van der Waals surface area contributed by atoms with Crippen LogP contribution in [0.25, 0.3) is 66.4 Å². The maximum absolute atomic E-state index is 6.64. The Morgan fingerprint density at radius 1 is 0.367 bits per heavy atom. The van der Waals surface area contributed by atoms with Crippen LogP contribution in [0.5, 0.6) is 0 Å². The summed E-state index contributed by atoms with van der Waals surface area (Å²) in [5.74, 6) is 0. The molecule has 1 aromatic heterocycles. The summed E-state index contributed by atoms with van der Waals surface area (Å²) in [6, 6.07) is 74.1. The Labute approximate surface area is 349 Å². The van der Waals surface area contributed by atoms with Gasteiger partial charge in [-0.3, -0.25) is 0 Å².